The third kappa shape index (κ3) is 2.70. The van der Waals surface area contributed by atoms with Crippen molar-refractivity contribution in [2.24, 2.45) is 0 Å². The number of carbonyl (C=O) groups is 1. The molecule has 0 N–H and O–H groups in total. The zero-order valence-corrected chi connectivity index (χ0v) is 11.9. The van der Waals surface area contributed by atoms with Crippen LogP contribution >= 0.6 is 11.3 Å². The number of thiophene rings is 1. The first kappa shape index (κ1) is 13.0. The highest BCUT2D eigenvalue weighted by molar-refractivity contribution is 7.17. The van der Waals surface area contributed by atoms with Crippen molar-refractivity contribution in [1.82, 2.24) is 0 Å². The molecule has 94 valence electrons. The van der Waals surface area contributed by atoms with Gasteiger partial charge in [-0.15, -0.1) is 11.3 Å². The van der Waals surface area contributed by atoms with Crippen LogP contribution in [0.15, 0.2) is 36.4 Å². The molecule has 0 saturated carbocycles. The lowest BCUT2D eigenvalue weighted by Gasteiger charge is -2.06. The summed E-state index contributed by atoms with van der Waals surface area (Å²) < 4.78 is 0. The number of hydrogen-bond acceptors (Lipinski definition) is 2. The minimum atomic E-state index is 0.228. The molecule has 2 aromatic rings. The van der Waals surface area contributed by atoms with E-state index >= 15 is 0 Å². The molecule has 2 rings (SSSR count). The first-order valence-electron chi connectivity index (χ1n) is 6.35. The molecule has 0 bridgehead atoms. The van der Waals surface area contributed by atoms with E-state index in [2.05, 4.69) is 38.1 Å². The van der Waals surface area contributed by atoms with E-state index in [0.29, 0.717) is 12.3 Å². The van der Waals surface area contributed by atoms with Crippen molar-refractivity contribution in [3.05, 3.63) is 46.8 Å². The molecule has 1 aromatic carbocycles. The fourth-order valence-electron chi connectivity index (χ4n) is 1.87. The van der Waals surface area contributed by atoms with Gasteiger partial charge in [0, 0.05) is 11.3 Å². The second-order valence-electron chi connectivity index (χ2n) is 4.72. The molecule has 1 heterocycles. The third-order valence-corrected chi connectivity index (χ3v) is 4.22. The van der Waals surface area contributed by atoms with Gasteiger partial charge in [0.2, 0.25) is 0 Å². The van der Waals surface area contributed by atoms with Crippen molar-refractivity contribution >= 4 is 17.1 Å². The minimum Gasteiger partial charge on any atom is -0.293 e. The molecule has 0 spiro atoms. The van der Waals surface area contributed by atoms with Crippen LogP contribution in [0.3, 0.4) is 0 Å². The third-order valence-electron chi connectivity index (χ3n) is 3.04. The Kier molecular flexibility index (Phi) is 3.97. The Balaban J connectivity index is 2.34. The first-order valence-corrected chi connectivity index (χ1v) is 7.16. The SMILES string of the molecule is CCC(=O)c1ccc(-c2cccc(C(C)C)c2)s1. The van der Waals surface area contributed by atoms with Gasteiger partial charge in [0.15, 0.2) is 5.78 Å². The summed E-state index contributed by atoms with van der Waals surface area (Å²) in [6, 6.07) is 12.6. The lowest BCUT2D eigenvalue weighted by Crippen LogP contribution is -1.90. The molecule has 0 saturated heterocycles. The highest BCUT2D eigenvalue weighted by Gasteiger charge is 2.09. The summed E-state index contributed by atoms with van der Waals surface area (Å²) in [6.07, 6.45) is 0.575. The largest absolute Gasteiger partial charge is 0.293 e. The smallest absolute Gasteiger partial charge is 0.172 e. The molecule has 0 unspecified atom stereocenters. The number of rotatable bonds is 4. The molecule has 0 aliphatic heterocycles. The molecule has 0 aliphatic rings. The van der Waals surface area contributed by atoms with Crippen LogP contribution in [0, 0.1) is 0 Å². The summed E-state index contributed by atoms with van der Waals surface area (Å²) in [5.41, 5.74) is 2.55. The number of carbonyl (C=O) groups excluding carboxylic acids is 1. The molecule has 1 nitrogen and oxygen atoms in total. The number of hydrogen-bond donors (Lipinski definition) is 0. The van der Waals surface area contributed by atoms with Crippen LogP contribution in [0.25, 0.3) is 10.4 Å². The van der Waals surface area contributed by atoms with Gasteiger partial charge in [0.1, 0.15) is 0 Å². The van der Waals surface area contributed by atoms with Crippen LogP contribution in [-0.4, -0.2) is 5.78 Å². The van der Waals surface area contributed by atoms with Gasteiger partial charge in [0.05, 0.1) is 4.88 Å². The molecule has 0 radical (unpaired) electrons. The van der Waals surface area contributed by atoms with Crippen LogP contribution in [0.1, 0.15) is 48.3 Å². The topological polar surface area (TPSA) is 17.1 Å². The fraction of sp³-hybridized carbons (Fsp3) is 0.312. The molecule has 0 amide bonds. The second kappa shape index (κ2) is 5.49. The summed E-state index contributed by atoms with van der Waals surface area (Å²) in [5, 5.41) is 0. The average molecular weight is 258 g/mol. The van der Waals surface area contributed by atoms with E-state index in [1.165, 1.54) is 16.0 Å². The fourth-order valence-corrected chi connectivity index (χ4v) is 2.88. The molecule has 18 heavy (non-hydrogen) atoms. The monoisotopic (exact) mass is 258 g/mol. The second-order valence-corrected chi connectivity index (χ2v) is 5.80. The zero-order chi connectivity index (χ0) is 13.1. The standard InChI is InChI=1S/C16H18OS/c1-4-14(17)16-9-8-15(18-16)13-7-5-6-12(10-13)11(2)3/h5-11H,4H2,1-3H3. The van der Waals surface area contributed by atoms with Gasteiger partial charge in [-0.05, 0) is 29.2 Å². The van der Waals surface area contributed by atoms with E-state index in [1.54, 1.807) is 11.3 Å². The molecular formula is C16H18OS. The van der Waals surface area contributed by atoms with Crippen LogP contribution in [0.2, 0.25) is 0 Å². The van der Waals surface area contributed by atoms with E-state index < -0.39 is 0 Å². The Hall–Kier alpha value is -1.41. The highest BCUT2D eigenvalue weighted by Crippen LogP contribution is 2.30. The lowest BCUT2D eigenvalue weighted by molar-refractivity contribution is 0.0992. The van der Waals surface area contributed by atoms with Gasteiger partial charge in [0.25, 0.3) is 0 Å². The van der Waals surface area contributed by atoms with E-state index in [1.807, 2.05) is 19.1 Å². The van der Waals surface area contributed by atoms with Crippen molar-refractivity contribution in [2.75, 3.05) is 0 Å². The van der Waals surface area contributed by atoms with Gasteiger partial charge in [-0.2, -0.15) is 0 Å². The normalized spacial score (nSPS) is 10.9. The maximum absolute atomic E-state index is 11.6. The van der Waals surface area contributed by atoms with Crippen molar-refractivity contribution in [3.8, 4) is 10.4 Å². The van der Waals surface area contributed by atoms with Crippen molar-refractivity contribution in [1.29, 1.82) is 0 Å². The van der Waals surface area contributed by atoms with Gasteiger partial charge in [-0.25, -0.2) is 0 Å². The first-order chi connectivity index (χ1) is 8.61. The Morgan fingerprint density at radius 3 is 2.67 bits per heavy atom. The maximum atomic E-state index is 11.6. The summed E-state index contributed by atoms with van der Waals surface area (Å²) >= 11 is 1.59. The molecule has 0 fully saturated rings. The van der Waals surface area contributed by atoms with E-state index in [0.717, 1.165) is 4.88 Å². The van der Waals surface area contributed by atoms with Crippen LogP contribution < -0.4 is 0 Å². The van der Waals surface area contributed by atoms with Gasteiger partial charge in [-0.3, -0.25) is 4.79 Å². The highest BCUT2D eigenvalue weighted by atomic mass is 32.1. The zero-order valence-electron chi connectivity index (χ0n) is 11.1. The quantitative estimate of drug-likeness (QED) is 0.695. The van der Waals surface area contributed by atoms with Gasteiger partial charge in [-0.1, -0.05) is 45.0 Å². The van der Waals surface area contributed by atoms with Crippen molar-refractivity contribution in [2.45, 2.75) is 33.1 Å². The van der Waals surface area contributed by atoms with Crippen molar-refractivity contribution < 1.29 is 4.79 Å². The number of Topliss-reactive ketones (excluding diaryl/α,β-unsaturated/α-hetero) is 1. The summed E-state index contributed by atoms with van der Waals surface area (Å²) in [4.78, 5) is 13.7. The molecule has 0 atom stereocenters. The molecular weight excluding hydrogens is 240 g/mol. The van der Waals surface area contributed by atoms with Gasteiger partial charge < -0.3 is 0 Å². The summed E-state index contributed by atoms with van der Waals surface area (Å²) in [6.45, 7) is 6.29. The van der Waals surface area contributed by atoms with E-state index in [9.17, 15) is 4.79 Å². The predicted molar refractivity (Wildman–Crippen MR) is 78.5 cm³/mol. The molecule has 1 aromatic heterocycles. The Morgan fingerprint density at radius 2 is 2.00 bits per heavy atom. The van der Waals surface area contributed by atoms with E-state index in [-0.39, 0.29) is 5.78 Å². The average Bonchev–Trinajstić information content (AvgIpc) is 2.87. The lowest BCUT2D eigenvalue weighted by atomic mass is 10.0. The Bertz CT molecular complexity index is 552. The summed E-state index contributed by atoms with van der Waals surface area (Å²) in [7, 11) is 0. The minimum absolute atomic E-state index is 0.228. The summed E-state index contributed by atoms with van der Waals surface area (Å²) in [5.74, 6) is 0.757. The Labute approximate surface area is 112 Å². The van der Waals surface area contributed by atoms with Crippen LogP contribution in [0.4, 0.5) is 0 Å². The van der Waals surface area contributed by atoms with Crippen LogP contribution in [0.5, 0.6) is 0 Å². The maximum Gasteiger partial charge on any atom is 0.172 e. The Morgan fingerprint density at radius 1 is 1.22 bits per heavy atom. The number of ketones is 1. The van der Waals surface area contributed by atoms with Gasteiger partial charge >= 0.3 is 0 Å². The molecule has 2 heteroatoms. The van der Waals surface area contributed by atoms with Crippen molar-refractivity contribution in [3.63, 3.8) is 0 Å². The van der Waals surface area contributed by atoms with Crippen LogP contribution in [-0.2, 0) is 0 Å². The predicted octanol–water partition coefficient (Wildman–Crippen LogP) is 5.13. The van der Waals surface area contributed by atoms with E-state index in [4.69, 9.17) is 0 Å². The number of benzene rings is 1. The molecule has 0 aliphatic carbocycles.